The van der Waals surface area contributed by atoms with Gasteiger partial charge in [0, 0.05) is 0 Å². The van der Waals surface area contributed by atoms with Gasteiger partial charge in [0.05, 0.1) is 0 Å². The van der Waals surface area contributed by atoms with Crippen molar-refractivity contribution in [2.75, 3.05) is 0 Å². The fourth-order valence-corrected chi connectivity index (χ4v) is 7.59. The van der Waals surface area contributed by atoms with Gasteiger partial charge in [0.15, 0.2) is 0 Å². The zero-order chi connectivity index (χ0) is 36.0. The molecule has 3 unspecified atom stereocenters. The summed E-state index contributed by atoms with van der Waals surface area (Å²) in [4.78, 5) is 0. The molecule has 1 aliphatic rings. The van der Waals surface area contributed by atoms with Gasteiger partial charge < -0.3 is 0 Å². The maximum Gasteiger partial charge on any atom is -0.0170 e. The predicted octanol–water partition coefficient (Wildman–Crippen LogP) is 16.9. The summed E-state index contributed by atoms with van der Waals surface area (Å²) >= 11 is 0. The molecule has 0 radical (unpaired) electrons. The number of allylic oxidation sites excluding steroid dienone is 9. The Hall–Kier alpha value is -1.56. The van der Waals surface area contributed by atoms with E-state index in [9.17, 15) is 0 Å². The third-order valence-corrected chi connectivity index (χ3v) is 11.1. The van der Waals surface area contributed by atoms with Gasteiger partial charge in [0.25, 0.3) is 0 Å². The Morgan fingerprint density at radius 2 is 1.40 bits per heavy atom. The van der Waals surface area contributed by atoms with E-state index in [1.54, 1.807) is 16.7 Å². The van der Waals surface area contributed by atoms with Gasteiger partial charge >= 0.3 is 0 Å². The van der Waals surface area contributed by atoms with E-state index in [1.807, 2.05) is 6.08 Å². The lowest BCUT2D eigenvalue weighted by molar-refractivity contribution is 0.280. The second kappa shape index (κ2) is 30.3. The van der Waals surface area contributed by atoms with Crippen molar-refractivity contribution in [2.24, 2.45) is 29.1 Å². The van der Waals surface area contributed by atoms with E-state index in [2.05, 4.69) is 106 Å². The lowest BCUT2D eigenvalue weighted by Crippen LogP contribution is -2.18. The molecule has 0 nitrogen and oxygen atoms in total. The van der Waals surface area contributed by atoms with E-state index in [1.165, 1.54) is 141 Å². The van der Waals surface area contributed by atoms with Crippen LogP contribution in [-0.2, 0) is 0 Å². The van der Waals surface area contributed by atoms with Crippen LogP contribution >= 0.6 is 0 Å². The van der Waals surface area contributed by atoms with Crippen LogP contribution in [0.4, 0.5) is 0 Å². The largest absolute Gasteiger partial charge is 0.103 e. The van der Waals surface area contributed by atoms with E-state index in [0.29, 0.717) is 5.92 Å². The summed E-state index contributed by atoms with van der Waals surface area (Å²) in [5.41, 5.74) is 5.34. The minimum atomic E-state index is 0.241. The fourth-order valence-electron chi connectivity index (χ4n) is 7.59. The quantitative estimate of drug-likeness (QED) is 0.0606. The van der Waals surface area contributed by atoms with E-state index < -0.39 is 0 Å². The summed E-state index contributed by atoms with van der Waals surface area (Å²) in [5.74, 6) is 3.09. The molecule has 1 aliphatic carbocycles. The maximum absolute atomic E-state index is 4.38. The molecular formula is C48H86. The van der Waals surface area contributed by atoms with Crippen LogP contribution in [0, 0.1) is 29.1 Å². The first-order valence-corrected chi connectivity index (χ1v) is 21.0. The molecule has 0 spiro atoms. The molecule has 0 aromatic rings. The number of hydrogen-bond donors (Lipinski definition) is 0. The van der Waals surface area contributed by atoms with Crippen LogP contribution in [-0.4, -0.2) is 0 Å². The van der Waals surface area contributed by atoms with Crippen molar-refractivity contribution in [1.82, 2.24) is 0 Å². The third-order valence-electron chi connectivity index (χ3n) is 11.1. The Balaban J connectivity index is 0.00000243. The van der Waals surface area contributed by atoms with Crippen LogP contribution < -0.4 is 0 Å². The summed E-state index contributed by atoms with van der Waals surface area (Å²) in [6.07, 6.45) is 43.6. The van der Waals surface area contributed by atoms with Crippen LogP contribution in [0.5, 0.6) is 0 Å². The standard InChI is InChI=1S/C40H70.C8H16/c1-10-15-16-18-23-33(6)26-27-35(21-11-2)31-39(32-37(13-4)38-24-19-17-20-25-38)34(7)30-36(22-12-3)28-29-40(8,9)14-5;1-3-5-7-8-6-4-2/h10,13-14,23,35-38H,1,4-5,11-12,15-22,24-32H2,2-3,6-9H3;5,7H,3-4,6,8H2,1-2H3. The van der Waals surface area contributed by atoms with Gasteiger partial charge in [-0.25, -0.2) is 0 Å². The van der Waals surface area contributed by atoms with Crippen molar-refractivity contribution < 1.29 is 0 Å². The molecule has 0 bridgehead atoms. The highest BCUT2D eigenvalue weighted by Crippen LogP contribution is 2.39. The Morgan fingerprint density at radius 3 is 1.96 bits per heavy atom. The van der Waals surface area contributed by atoms with Gasteiger partial charge in [-0.15, -0.1) is 19.7 Å². The average molecular weight is 663 g/mol. The Kier molecular flexibility index (Phi) is 29.3. The zero-order valence-electron chi connectivity index (χ0n) is 34.2. The monoisotopic (exact) mass is 663 g/mol. The third kappa shape index (κ3) is 23.7. The van der Waals surface area contributed by atoms with Gasteiger partial charge in [-0.05, 0) is 133 Å². The van der Waals surface area contributed by atoms with Gasteiger partial charge in [0.1, 0.15) is 0 Å². The molecule has 0 aromatic carbocycles. The van der Waals surface area contributed by atoms with Gasteiger partial charge in [-0.3, -0.25) is 0 Å². The summed E-state index contributed by atoms with van der Waals surface area (Å²) in [7, 11) is 0. The van der Waals surface area contributed by atoms with Crippen LogP contribution in [0.15, 0.2) is 72.9 Å². The molecule has 1 saturated carbocycles. The smallest absolute Gasteiger partial charge is 0.0170 e. The first-order chi connectivity index (χ1) is 23.1. The van der Waals surface area contributed by atoms with Gasteiger partial charge in [-0.1, -0.05) is 153 Å². The lowest BCUT2D eigenvalue weighted by Gasteiger charge is -2.31. The molecule has 278 valence electrons. The highest BCUT2D eigenvalue weighted by molar-refractivity contribution is 5.16. The summed E-state index contributed by atoms with van der Waals surface area (Å²) in [5, 5.41) is 0. The minimum Gasteiger partial charge on any atom is -0.103 e. The van der Waals surface area contributed by atoms with Gasteiger partial charge in [-0.2, -0.15) is 0 Å². The lowest BCUT2D eigenvalue weighted by atomic mass is 9.74. The molecule has 0 aliphatic heterocycles. The minimum absolute atomic E-state index is 0.241. The van der Waals surface area contributed by atoms with E-state index in [0.717, 1.165) is 24.2 Å². The van der Waals surface area contributed by atoms with Crippen molar-refractivity contribution in [1.29, 1.82) is 0 Å². The second-order valence-electron chi connectivity index (χ2n) is 16.2. The topological polar surface area (TPSA) is 0 Å². The maximum atomic E-state index is 4.38. The summed E-state index contributed by atoms with van der Waals surface area (Å²) < 4.78 is 0. The van der Waals surface area contributed by atoms with Crippen molar-refractivity contribution in [2.45, 2.75) is 203 Å². The normalized spacial score (nSPS) is 16.9. The zero-order valence-corrected chi connectivity index (χ0v) is 34.2. The summed E-state index contributed by atoms with van der Waals surface area (Å²) in [6.45, 7) is 31.1. The SMILES string of the molecule is C=CCCCC=C(C)CCC(CCC)CC(CC(C=C)C1CCCCC1)=C(C)CC(CCC)CCC(C)(C)C=C.CCC=CCCCC. The Bertz CT molecular complexity index is 885. The second-order valence-corrected chi connectivity index (χ2v) is 16.2. The average Bonchev–Trinajstić information content (AvgIpc) is 3.09. The van der Waals surface area contributed by atoms with Crippen LogP contribution in [0.25, 0.3) is 0 Å². The number of rotatable bonds is 27. The summed E-state index contributed by atoms with van der Waals surface area (Å²) in [6, 6.07) is 0. The molecule has 3 atom stereocenters. The van der Waals surface area contributed by atoms with E-state index in [-0.39, 0.29) is 5.41 Å². The van der Waals surface area contributed by atoms with E-state index >= 15 is 0 Å². The fraction of sp³-hybridized carbons (Fsp3) is 0.750. The molecule has 0 heteroatoms. The predicted molar refractivity (Wildman–Crippen MR) is 223 cm³/mol. The van der Waals surface area contributed by atoms with Crippen LogP contribution in [0.3, 0.4) is 0 Å². The number of unbranched alkanes of at least 4 members (excludes halogenated alkanes) is 4. The molecule has 1 fully saturated rings. The number of hydrogen-bond acceptors (Lipinski definition) is 0. The van der Waals surface area contributed by atoms with Crippen LogP contribution in [0.2, 0.25) is 0 Å². The first-order valence-electron chi connectivity index (χ1n) is 21.0. The Morgan fingerprint density at radius 1 is 0.729 bits per heavy atom. The molecule has 48 heavy (non-hydrogen) atoms. The molecule has 0 amide bonds. The molecule has 1 rings (SSSR count). The molecule has 0 heterocycles. The molecule has 0 N–H and O–H groups in total. The highest BCUT2D eigenvalue weighted by Gasteiger charge is 2.25. The van der Waals surface area contributed by atoms with Gasteiger partial charge in [0.2, 0.25) is 0 Å². The molecule has 0 saturated heterocycles. The van der Waals surface area contributed by atoms with Crippen molar-refractivity contribution in [3.05, 3.63) is 72.9 Å². The van der Waals surface area contributed by atoms with Crippen molar-refractivity contribution in [3.63, 3.8) is 0 Å². The van der Waals surface area contributed by atoms with Crippen LogP contribution in [0.1, 0.15) is 203 Å². The molecule has 0 aromatic heterocycles. The first kappa shape index (κ1) is 46.4. The van der Waals surface area contributed by atoms with Crippen molar-refractivity contribution >= 4 is 0 Å². The van der Waals surface area contributed by atoms with E-state index in [4.69, 9.17) is 0 Å². The molecular weight excluding hydrogens is 577 g/mol. The Labute approximate surface area is 304 Å². The highest BCUT2D eigenvalue weighted by atomic mass is 14.3. The van der Waals surface area contributed by atoms with Crippen molar-refractivity contribution in [3.8, 4) is 0 Å².